The van der Waals surface area contributed by atoms with Crippen LogP contribution in [0.2, 0.25) is 0 Å². The second-order valence-corrected chi connectivity index (χ2v) is 8.89. The minimum absolute atomic E-state index is 0.447. The molecule has 16 heavy (non-hydrogen) atoms. The topological polar surface area (TPSA) is 54.4 Å². The zero-order valence-corrected chi connectivity index (χ0v) is 12.0. The number of hydrogen-bond donors (Lipinski definition) is 1. The summed E-state index contributed by atoms with van der Waals surface area (Å²) in [4.78, 5) is 0. The molecular weight excluding hydrogens is 316 g/mol. The Hall–Kier alpha value is -0.100. The Morgan fingerprint density at radius 1 is 1.38 bits per heavy atom. The number of rotatable bonds is 3. The molecule has 90 valence electrons. The van der Waals surface area contributed by atoms with Crippen molar-refractivity contribution in [3.05, 3.63) is 35.4 Å². The van der Waals surface area contributed by atoms with E-state index in [1.807, 2.05) is 6.92 Å². The number of benzene rings is 1. The Labute approximate surface area is 108 Å². The van der Waals surface area contributed by atoms with Crippen molar-refractivity contribution in [2.75, 3.05) is 6.26 Å². The highest BCUT2D eigenvalue weighted by atomic mass is 79.9. The molecule has 0 aliphatic rings. The second-order valence-electron chi connectivity index (χ2n) is 3.65. The normalized spacial score (nSPS) is 17.8. The summed E-state index contributed by atoms with van der Waals surface area (Å²) in [5.74, 6) is 0. The van der Waals surface area contributed by atoms with Crippen LogP contribution in [-0.2, 0) is 9.84 Å². The summed E-state index contributed by atoms with van der Waals surface area (Å²) < 4.78 is 20.9. The average Bonchev–Trinajstić information content (AvgIpc) is 2.16. The summed E-state index contributed by atoms with van der Waals surface area (Å²) in [5.41, 5.74) is 1.47. The summed E-state index contributed by atoms with van der Waals surface area (Å²) in [7, 11) is -3.63. The molecule has 1 N–H and O–H groups in total. The Morgan fingerprint density at radius 2 is 1.81 bits per heavy atom. The molecule has 0 amide bonds. The van der Waals surface area contributed by atoms with Gasteiger partial charge in [0.15, 0.2) is 9.84 Å². The van der Waals surface area contributed by atoms with Crippen molar-refractivity contribution in [3.63, 3.8) is 0 Å². The molecular formula is C10H12BrClO3S. The van der Waals surface area contributed by atoms with Crippen LogP contribution >= 0.6 is 27.5 Å². The number of aliphatic hydroxyl groups excluding tert-OH is 1. The largest absolute Gasteiger partial charge is 0.385 e. The third-order valence-electron chi connectivity index (χ3n) is 2.21. The van der Waals surface area contributed by atoms with Crippen LogP contribution < -0.4 is 0 Å². The number of aliphatic hydroxyl groups is 1. The van der Waals surface area contributed by atoms with E-state index in [2.05, 4.69) is 15.9 Å². The van der Waals surface area contributed by atoms with Gasteiger partial charge >= 0.3 is 0 Å². The number of hydrogen-bond acceptors (Lipinski definition) is 3. The molecule has 0 aliphatic heterocycles. The van der Waals surface area contributed by atoms with Crippen molar-refractivity contribution in [1.82, 2.24) is 0 Å². The second kappa shape index (κ2) is 4.64. The highest BCUT2D eigenvalue weighted by Crippen LogP contribution is 2.41. The Kier molecular flexibility index (Phi) is 4.05. The summed E-state index contributed by atoms with van der Waals surface area (Å²) in [6.07, 6.45) is -0.364. The number of alkyl halides is 2. The number of sulfone groups is 1. The van der Waals surface area contributed by atoms with Gasteiger partial charge in [-0.15, -0.1) is 0 Å². The van der Waals surface area contributed by atoms with Gasteiger partial charge in [0.2, 0.25) is 3.12 Å². The highest BCUT2D eigenvalue weighted by Gasteiger charge is 2.44. The van der Waals surface area contributed by atoms with E-state index in [0.717, 1.165) is 11.8 Å². The van der Waals surface area contributed by atoms with Gasteiger partial charge in [-0.05, 0) is 28.4 Å². The van der Waals surface area contributed by atoms with Gasteiger partial charge in [-0.2, -0.15) is 0 Å². The zero-order chi connectivity index (χ0) is 12.6. The highest BCUT2D eigenvalue weighted by molar-refractivity contribution is 9.12. The van der Waals surface area contributed by atoms with Crippen molar-refractivity contribution in [2.24, 2.45) is 0 Å². The maximum absolute atomic E-state index is 11.4. The minimum atomic E-state index is -3.63. The van der Waals surface area contributed by atoms with E-state index in [-0.39, 0.29) is 0 Å². The van der Waals surface area contributed by atoms with Crippen LogP contribution in [0.3, 0.4) is 0 Å². The monoisotopic (exact) mass is 326 g/mol. The van der Waals surface area contributed by atoms with Gasteiger partial charge in [0.1, 0.15) is 6.10 Å². The first-order valence-corrected chi connectivity index (χ1v) is 7.54. The van der Waals surface area contributed by atoms with E-state index < -0.39 is 19.1 Å². The van der Waals surface area contributed by atoms with Gasteiger partial charge in [-0.25, -0.2) is 8.42 Å². The lowest BCUT2D eigenvalue weighted by atomic mass is 10.1. The maximum atomic E-state index is 11.4. The molecule has 0 spiro atoms. The van der Waals surface area contributed by atoms with Crippen LogP contribution in [0.15, 0.2) is 24.3 Å². The number of aryl methyl sites for hydroxylation is 1. The fourth-order valence-corrected chi connectivity index (χ4v) is 2.08. The van der Waals surface area contributed by atoms with Gasteiger partial charge in [-0.1, -0.05) is 41.4 Å². The number of halogens is 2. The molecule has 0 unspecified atom stereocenters. The van der Waals surface area contributed by atoms with Crippen LogP contribution in [0.1, 0.15) is 17.2 Å². The van der Waals surface area contributed by atoms with Crippen molar-refractivity contribution in [2.45, 2.75) is 16.1 Å². The molecule has 1 rings (SSSR count). The van der Waals surface area contributed by atoms with Crippen molar-refractivity contribution < 1.29 is 13.5 Å². The van der Waals surface area contributed by atoms with Crippen molar-refractivity contribution >= 4 is 37.4 Å². The maximum Gasteiger partial charge on any atom is 0.228 e. The molecule has 6 heteroatoms. The van der Waals surface area contributed by atoms with Gasteiger partial charge in [0.25, 0.3) is 0 Å². The van der Waals surface area contributed by atoms with Crippen LogP contribution in [0.5, 0.6) is 0 Å². The van der Waals surface area contributed by atoms with E-state index in [1.54, 1.807) is 24.3 Å². The smallest absolute Gasteiger partial charge is 0.228 e. The third kappa shape index (κ3) is 2.77. The quantitative estimate of drug-likeness (QED) is 0.867. The van der Waals surface area contributed by atoms with E-state index in [4.69, 9.17) is 11.6 Å². The molecule has 1 aromatic carbocycles. The lowest BCUT2D eigenvalue weighted by Gasteiger charge is -2.24. The van der Waals surface area contributed by atoms with Gasteiger partial charge in [-0.3, -0.25) is 0 Å². The molecule has 0 heterocycles. The van der Waals surface area contributed by atoms with Crippen LogP contribution in [0, 0.1) is 6.92 Å². The average molecular weight is 328 g/mol. The van der Waals surface area contributed by atoms with Gasteiger partial charge in [0.05, 0.1) is 0 Å². The first kappa shape index (κ1) is 14.0. The molecule has 0 bridgehead atoms. The van der Waals surface area contributed by atoms with Crippen LogP contribution in [0.4, 0.5) is 0 Å². The third-order valence-corrected chi connectivity index (χ3v) is 6.66. The van der Waals surface area contributed by atoms with Gasteiger partial charge in [0, 0.05) is 6.26 Å². The van der Waals surface area contributed by atoms with Crippen molar-refractivity contribution in [1.29, 1.82) is 0 Å². The van der Waals surface area contributed by atoms with E-state index in [9.17, 15) is 13.5 Å². The van der Waals surface area contributed by atoms with Gasteiger partial charge < -0.3 is 5.11 Å². The summed E-state index contributed by atoms with van der Waals surface area (Å²) in [5, 5.41) is 9.92. The molecule has 2 atom stereocenters. The zero-order valence-electron chi connectivity index (χ0n) is 8.81. The summed E-state index contributed by atoms with van der Waals surface area (Å²) >= 11 is 8.67. The Morgan fingerprint density at radius 3 is 2.19 bits per heavy atom. The molecule has 0 fully saturated rings. The fourth-order valence-electron chi connectivity index (χ4n) is 1.15. The molecule has 0 aromatic heterocycles. The lowest BCUT2D eigenvalue weighted by Crippen LogP contribution is -2.32. The molecule has 0 saturated heterocycles. The summed E-state index contributed by atoms with van der Waals surface area (Å²) in [6.45, 7) is 1.90. The van der Waals surface area contributed by atoms with E-state index >= 15 is 0 Å². The molecule has 0 saturated carbocycles. The summed E-state index contributed by atoms with van der Waals surface area (Å²) in [6, 6.07) is 6.84. The lowest BCUT2D eigenvalue weighted by molar-refractivity contribution is 0.185. The molecule has 0 radical (unpaired) electrons. The predicted molar refractivity (Wildman–Crippen MR) is 68.5 cm³/mol. The standard InChI is InChI=1S/C10H12BrClO3S/c1-7-3-5-8(6-4-7)9(13)10(11,12)16(2,14)15/h3-6,9,13H,1-2H3/t9-,10-/m0/s1. The molecule has 0 aliphatic carbocycles. The molecule has 1 aromatic rings. The SMILES string of the molecule is Cc1ccc([C@H](O)[C@@](Cl)(Br)S(C)(=O)=O)cc1. The van der Waals surface area contributed by atoms with E-state index in [0.29, 0.717) is 5.56 Å². The van der Waals surface area contributed by atoms with Crippen LogP contribution in [-0.4, -0.2) is 22.9 Å². The van der Waals surface area contributed by atoms with E-state index in [1.165, 1.54) is 0 Å². The molecule has 3 nitrogen and oxygen atoms in total. The Balaban J connectivity index is 3.12. The predicted octanol–water partition coefficient (Wildman–Crippen LogP) is 2.36. The first-order chi connectivity index (χ1) is 7.16. The first-order valence-electron chi connectivity index (χ1n) is 4.48. The minimum Gasteiger partial charge on any atom is -0.385 e. The van der Waals surface area contributed by atoms with Crippen LogP contribution in [0.25, 0.3) is 0 Å². The van der Waals surface area contributed by atoms with Crippen molar-refractivity contribution in [3.8, 4) is 0 Å². The fraction of sp³-hybridized carbons (Fsp3) is 0.400. The Bertz CT molecular complexity index is 467.